The van der Waals surface area contributed by atoms with E-state index >= 15 is 0 Å². The number of aliphatic hydroxyl groups excluding tert-OH is 1. The van der Waals surface area contributed by atoms with Gasteiger partial charge in [-0.05, 0) is 6.42 Å². The lowest BCUT2D eigenvalue weighted by atomic mass is 10.1. The summed E-state index contributed by atoms with van der Waals surface area (Å²) in [5.74, 6) is 0.341. The monoisotopic (exact) mass is 198 g/mol. The minimum atomic E-state index is 0.341. The summed E-state index contributed by atoms with van der Waals surface area (Å²) >= 11 is 0. The van der Waals surface area contributed by atoms with Crippen LogP contribution in [0.5, 0.6) is 0 Å². The molecule has 0 aromatic heterocycles. The van der Waals surface area contributed by atoms with Crippen LogP contribution in [0.1, 0.15) is 71.1 Å². The fraction of sp³-hybridized carbons (Fsp3) is 0.846. The molecule has 0 radical (unpaired) electrons. The molecular weight excluding hydrogens is 172 g/mol. The fourth-order valence-electron chi connectivity index (χ4n) is 1.64. The van der Waals surface area contributed by atoms with Gasteiger partial charge in [0, 0.05) is 6.42 Å². The highest BCUT2D eigenvalue weighted by Crippen LogP contribution is 2.11. The summed E-state index contributed by atoms with van der Waals surface area (Å²) in [6.45, 7) is 5.73. The molecule has 1 N–H and O–H groups in total. The van der Waals surface area contributed by atoms with E-state index < -0.39 is 0 Å². The molecule has 84 valence electrons. The molecule has 0 fully saturated rings. The van der Waals surface area contributed by atoms with Gasteiger partial charge in [0.15, 0.2) is 0 Å². The maximum absolute atomic E-state index is 8.86. The third kappa shape index (κ3) is 11.5. The summed E-state index contributed by atoms with van der Waals surface area (Å²) in [6.07, 6.45) is 12.7. The molecule has 0 aromatic rings. The predicted molar refractivity (Wildman–Crippen MR) is 63.6 cm³/mol. The Hall–Kier alpha value is -0.460. The summed E-state index contributed by atoms with van der Waals surface area (Å²) in [6, 6.07) is 0. The molecule has 14 heavy (non-hydrogen) atoms. The Kier molecular flexibility index (Phi) is 10.3. The number of allylic oxidation sites excluding steroid dienone is 1. The topological polar surface area (TPSA) is 20.2 Å². The smallest absolute Gasteiger partial charge is 0.0851 e. The number of unbranched alkanes of at least 4 members (excludes halogenated alkanes) is 8. The summed E-state index contributed by atoms with van der Waals surface area (Å²) in [7, 11) is 0. The Bertz CT molecular complexity index is 129. The van der Waals surface area contributed by atoms with Gasteiger partial charge >= 0.3 is 0 Å². The van der Waals surface area contributed by atoms with Crippen molar-refractivity contribution in [1.82, 2.24) is 0 Å². The van der Waals surface area contributed by atoms with Gasteiger partial charge < -0.3 is 5.11 Å². The Morgan fingerprint density at radius 2 is 1.29 bits per heavy atom. The van der Waals surface area contributed by atoms with E-state index in [1.165, 1.54) is 51.4 Å². The van der Waals surface area contributed by atoms with Gasteiger partial charge in [0.2, 0.25) is 0 Å². The zero-order valence-electron chi connectivity index (χ0n) is 9.73. The van der Waals surface area contributed by atoms with Gasteiger partial charge in [-0.2, -0.15) is 0 Å². The van der Waals surface area contributed by atoms with Crippen LogP contribution in [0.25, 0.3) is 0 Å². The highest BCUT2D eigenvalue weighted by Gasteiger charge is 1.93. The summed E-state index contributed by atoms with van der Waals surface area (Å²) in [4.78, 5) is 0. The molecule has 1 heteroatoms. The van der Waals surface area contributed by atoms with Crippen LogP contribution in [-0.2, 0) is 0 Å². The molecule has 0 amide bonds. The van der Waals surface area contributed by atoms with Crippen molar-refractivity contribution in [1.29, 1.82) is 0 Å². The van der Waals surface area contributed by atoms with Crippen molar-refractivity contribution in [2.75, 3.05) is 0 Å². The van der Waals surface area contributed by atoms with Crippen molar-refractivity contribution < 1.29 is 5.11 Å². The molecule has 0 bridgehead atoms. The minimum absolute atomic E-state index is 0.341. The SMILES string of the molecule is C=C(O)CCCCCCCCCCC. The lowest BCUT2D eigenvalue weighted by Gasteiger charge is -2.01. The van der Waals surface area contributed by atoms with Crippen LogP contribution in [0.2, 0.25) is 0 Å². The standard InChI is InChI=1S/C13H26O/c1-3-4-5-6-7-8-9-10-11-12-13(2)14/h14H,2-12H2,1H3. The second-order valence-electron chi connectivity index (χ2n) is 4.14. The second-order valence-corrected chi connectivity index (χ2v) is 4.14. The van der Waals surface area contributed by atoms with Gasteiger partial charge in [-0.3, -0.25) is 0 Å². The van der Waals surface area contributed by atoms with Crippen molar-refractivity contribution in [2.24, 2.45) is 0 Å². The van der Waals surface area contributed by atoms with E-state index in [0.29, 0.717) is 5.76 Å². The minimum Gasteiger partial charge on any atom is -0.513 e. The van der Waals surface area contributed by atoms with E-state index in [4.69, 9.17) is 5.11 Å². The molecule has 1 nitrogen and oxygen atoms in total. The maximum atomic E-state index is 8.86. The van der Waals surface area contributed by atoms with Gasteiger partial charge in [0.05, 0.1) is 5.76 Å². The number of rotatable bonds is 10. The normalized spacial score (nSPS) is 10.4. The van der Waals surface area contributed by atoms with Crippen molar-refractivity contribution in [3.05, 3.63) is 12.3 Å². The van der Waals surface area contributed by atoms with Gasteiger partial charge in [-0.1, -0.05) is 64.9 Å². The zero-order chi connectivity index (χ0) is 10.6. The third-order valence-electron chi connectivity index (χ3n) is 2.57. The Morgan fingerprint density at radius 1 is 0.857 bits per heavy atom. The van der Waals surface area contributed by atoms with Crippen molar-refractivity contribution in [3.63, 3.8) is 0 Å². The predicted octanol–water partition coefficient (Wildman–Crippen LogP) is 4.98. The summed E-state index contributed by atoms with van der Waals surface area (Å²) in [5.41, 5.74) is 0. The van der Waals surface area contributed by atoms with E-state index in [0.717, 1.165) is 12.8 Å². The molecule has 0 saturated carbocycles. The van der Waals surface area contributed by atoms with Crippen LogP contribution in [0, 0.1) is 0 Å². The van der Waals surface area contributed by atoms with Crippen molar-refractivity contribution in [2.45, 2.75) is 71.1 Å². The van der Waals surface area contributed by atoms with Crippen LogP contribution < -0.4 is 0 Å². The Balaban J connectivity index is 2.88. The maximum Gasteiger partial charge on any atom is 0.0851 e. The number of hydrogen-bond acceptors (Lipinski definition) is 1. The second kappa shape index (κ2) is 10.6. The molecule has 0 aliphatic rings. The first kappa shape index (κ1) is 13.5. The molecule has 0 rings (SSSR count). The van der Waals surface area contributed by atoms with E-state index in [1.807, 2.05) is 0 Å². The first-order valence-electron chi connectivity index (χ1n) is 6.14. The Labute approximate surface area is 89.2 Å². The fourth-order valence-corrected chi connectivity index (χ4v) is 1.64. The number of aliphatic hydroxyl groups is 1. The molecule has 0 spiro atoms. The van der Waals surface area contributed by atoms with Gasteiger partial charge in [0.1, 0.15) is 0 Å². The van der Waals surface area contributed by atoms with Crippen molar-refractivity contribution in [3.8, 4) is 0 Å². The van der Waals surface area contributed by atoms with Crippen LogP contribution in [-0.4, -0.2) is 5.11 Å². The summed E-state index contributed by atoms with van der Waals surface area (Å²) in [5, 5.41) is 8.86. The largest absolute Gasteiger partial charge is 0.513 e. The lowest BCUT2D eigenvalue weighted by Crippen LogP contribution is -1.83. The van der Waals surface area contributed by atoms with E-state index in [1.54, 1.807) is 0 Å². The van der Waals surface area contributed by atoms with E-state index in [9.17, 15) is 0 Å². The molecule has 0 atom stereocenters. The highest BCUT2D eigenvalue weighted by atomic mass is 16.3. The zero-order valence-corrected chi connectivity index (χ0v) is 9.73. The first-order valence-corrected chi connectivity index (χ1v) is 6.14. The van der Waals surface area contributed by atoms with Crippen LogP contribution in [0.15, 0.2) is 12.3 Å². The van der Waals surface area contributed by atoms with E-state index in [2.05, 4.69) is 13.5 Å². The van der Waals surface area contributed by atoms with Gasteiger partial charge in [-0.25, -0.2) is 0 Å². The molecule has 0 aromatic carbocycles. The van der Waals surface area contributed by atoms with Crippen LogP contribution in [0.4, 0.5) is 0 Å². The highest BCUT2D eigenvalue weighted by molar-refractivity contribution is 4.77. The molecular formula is C13H26O. The first-order chi connectivity index (χ1) is 6.77. The number of hydrogen-bond donors (Lipinski definition) is 1. The van der Waals surface area contributed by atoms with Crippen LogP contribution in [0.3, 0.4) is 0 Å². The summed E-state index contributed by atoms with van der Waals surface area (Å²) < 4.78 is 0. The average molecular weight is 198 g/mol. The quantitative estimate of drug-likeness (QED) is 0.388. The Morgan fingerprint density at radius 3 is 1.71 bits per heavy atom. The van der Waals surface area contributed by atoms with E-state index in [-0.39, 0.29) is 0 Å². The lowest BCUT2D eigenvalue weighted by molar-refractivity contribution is 0.383. The van der Waals surface area contributed by atoms with Crippen molar-refractivity contribution >= 4 is 0 Å². The molecule has 0 aliphatic carbocycles. The molecule has 0 heterocycles. The molecule has 0 saturated heterocycles. The third-order valence-corrected chi connectivity index (χ3v) is 2.57. The van der Waals surface area contributed by atoms with Crippen LogP contribution >= 0.6 is 0 Å². The van der Waals surface area contributed by atoms with Gasteiger partial charge in [0.25, 0.3) is 0 Å². The average Bonchev–Trinajstić information content (AvgIpc) is 2.15. The van der Waals surface area contributed by atoms with Gasteiger partial charge in [-0.15, -0.1) is 0 Å². The molecule has 0 aliphatic heterocycles. The molecule has 0 unspecified atom stereocenters.